The highest BCUT2D eigenvalue weighted by Gasteiger charge is 2.17. The van der Waals surface area contributed by atoms with Crippen LogP contribution in [0.4, 0.5) is 10.1 Å². The maximum absolute atomic E-state index is 13.7. The normalized spacial score (nSPS) is 11.1. The fourth-order valence-electron chi connectivity index (χ4n) is 2.47. The van der Waals surface area contributed by atoms with Gasteiger partial charge in [-0.25, -0.2) is 12.8 Å². The van der Waals surface area contributed by atoms with E-state index in [-0.39, 0.29) is 27.7 Å². The lowest BCUT2D eigenvalue weighted by Gasteiger charge is -2.11. The molecule has 3 rings (SSSR count). The maximum atomic E-state index is 13.7. The third-order valence-electron chi connectivity index (χ3n) is 3.92. The van der Waals surface area contributed by atoms with E-state index in [0.717, 1.165) is 0 Å². The monoisotopic (exact) mass is 418 g/mol. The lowest BCUT2D eigenvalue weighted by atomic mass is 10.2. The van der Waals surface area contributed by atoms with E-state index in [1.54, 1.807) is 36.4 Å². The molecule has 0 spiro atoms. The quantitative estimate of drug-likeness (QED) is 0.629. The predicted octanol–water partition coefficient (Wildman–Crippen LogP) is 4.21. The summed E-state index contributed by atoms with van der Waals surface area (Å²) in [5, 5.41) is 2.83. The summed E-state index contributed by atoms with van der Waals surface area (Å²) >= 11 is 5.99. The topological polar surface area (TPSA) is 75.3 Å². The Labute approximate surface area is 167 Å². The molecule has 0 heterocycles. The van der Waals surface area contributed by atoms with E-state index < -0.39 is 21.7 Å². The molecule has 0 saturated heterocycles. The lowest BCUT2D eigenvalue weighted by molar-refractivity contribution is 0.0950. The molecule has 8 heteroatoms. The Morgan fingerprint density at radius 2 is 1.68 bits per heavy atom. The molecule has 28 heavy (non-hydrogen) atoms. The standard InChI is InChI=1S/C20H16ClFN2O3S/c21-17-9-2-4-11-19(17)24-28(26,27)16-8-5-7-14(12-16)20(25)23-13-15-6-1-3-10-18(15)22/h1-12,24H,13H2,(H,23,25). The molecule has 3 aromatic carbocycles. The van der Waals surface area contributed by atoms with Crippen molar-refractivity contribution in [2.45, 2.75) is 11.4 Å². The number of hydrogen-bond acceptors (Lipinski definition) is 3. The van der Waals surface area contributed by atoms with Crippen molar-refractivity contribution in [3.63, 3.8) is 0 Å². The fourth-order valence-corrected chi connectivity index (χ4v) is 3.84. The minimum atomic E-state index is -3.94. The van der Waals surface area contributed by atoms with Crippen LogP contribution in [0.2, 0.25) is 5.02 Å². The molecule has 0 aliphatic carbocycles. The van der Waals surface area contributed by atoms with Crippen molar-refractivity contribution in [2.24, 2.45) is 0 Å². The Balaban J connectivity index is 1.77. The minimum Gasteiger partial charge on any atom is -0.348 e. The molecule has 0 radical (unpaired) electrons. The van der Waals surface area contributed by atoms with Crippen LogP contribution in [-0.2, 0) is 16.6 Å². The second-order valence-corrected chi connectivity index (χ2v) is 7.98. The number of para-hydroxylation sites is 1. The van der Waals surface area contributed by atoms with E-state index in [1.807, 2.05) is 0 Å². The number of hydrogen-bond donors (Lipinski definition) is 2. The summed E-state index contributed by atoms with van der Waals surface area (Å²) in [6.07, 6.45) is 0. The van der Waals surface area contributed by atoms with Crippen LogP contribution in [0.3, 0.4) is 0 Å². The third kappa shape index (κ3) is 4.68. The Hall–Kier alpha value is -2.90. The number of benzene rings is 3. The molecule has 1 amide bonds. The first kappa shape index (κ1) is 19.9. The summed E-state index contributed by atoms with van der Waals surface area (Å²) in [5.41, 5.74) is 0.706. The van der Waals surface area contributed by atoms with Crippen LogP contribution in [0.25, 0.3) is 0 Å². The Morgan fingerprint density at radius 1 is 0.964 bits per heavy atom. The molecule has 144 valence electrons. The van der Waals surface area contributed by atoms with Gasteiger partial charge in [0.05, 0.1) is 15.6 Å². The smallest absolute Gasteiger partial charge is 0.261 e. The fraction of sp³-hybridized carbons (Fsp3) is 0.0500. The van der Waals surface area contributed by atoms with E-state index in [0.29, 0.717) is 5.56 Å². The number of nitrogens with one attached hydrogen (secondary N) is 2. The molecule has 0 atom stereocenters. The summed E-state index contributed by atoms with van der Waals surface area (Å²) in [6.45, 7) is -0.0135. The number of carbonyl (C=O) groups excluding carboxylic acids is 1. The van der Waals surface area contributed by atoms with Gasteiger partial charge in [0.25, 0.3) is 15.9 Å². The number of amides is 1. The van der Waals surface area contributed by atoms with Gasteiger partial charge in [0.1, 0.15) is 5.82 Å². The van der Waals surface area contributed by atoms with Crippen LogP contribution in [0.1, 0.15) is 15.9 Å². The molecule has 0 fully saturated rings. The van der Waals surface area contributed by atoms with Gasteiger partial charge in [0, 0.05) is 17.7 Å². The van der Waals surface area contributed by atoms with Gasteiger partial charge >= 0.3 is 0 Å². The van der Waals surface area contributed by atoms with E-state index >= 15 is 0 Å². The first-order valence-electron chi connectivity index (χ1n) is 8.26. The van der Waals surface area contributed by atoms with Gasteiger partial charge in [-0.05, 0) is 36.4 Å². The zero-order valence-electron chi connectivity index (χ0n) is 14.5. The molecule has 0 aliphatic heterocycles. The highest BCUT2D eigenvalue weighted by Crippen LogP contribution is 2.24. The minimum absolute atomic E-state index is 0.0135. The zero-order chi connectivity index (χ0) is 20.1. The number of carbonyl (C=O) groups is 1. The summed E-state index contributed by atoms with van der Waals surface area (Å²) in [5.74, 6) is -0.943. The summed E-state index contributed by atoms with van der Waals surface area (Å²) < 4.78 is 41.2. The van der Waals surface area contributed by atoms with Crippen LogP contribution >= 0.6 is 11.6 Å². The summed E-state index contributed by atoms with van der Waals surface area (Å²) in [4.78, 5) is 12.3. The summed E-state index contributed by atoms with van der Waals surface area (Å²) in [7, 11) is -3.94. The van der Waals surface area contributed by atoms with Gasteiger partial charge < -0.3 is 5.32 Å². The molecule has 0 bridgehead atoms. The average Bonchev–Trinajstić information content (AvgIpc) is 2.69. The number of sulfonamides is 1. The van der Waals surface area contributed by atoms with Gasteiger partial charge in [-0.1, -0.05) is 48.0 Å². The van der Waals surface area contributed by atoms with Gasteiger partial charge in [-0.15, -0.1) is 0 Å². The van der Waals surface area contributed by atoms with Gasteiger partial charge in [0.15, 0.2) is 0 Å². The second-order valence-electron chi connectivity index (χ2n) is 5.89. The van der Waals surface area contributed by atoms with E-state index in [1.165, 1.54) is 36.4 Å². The van der Waals surface area contributed by atoms with E-state index in [2.05, 4.69) is 10.0 Å². The molecule has 0 unspecified atom stereocenters. The average molecular weight is 419 g/mol. The van der Waals surface area contributed by atoms with Crippen LogP contribution in [-0.4, -0.2) is 14.3 Å². The molecule has 0 aromatic heterocycles. The second kappa shape index (κ2) is 8.41. The Kier molecular flexibility index (Phi) is 5.96. The van der Waals surface area contributed by atoms with Crippen LogP contribution in [0.5, 0.6) is 0 Å². The molecular formula is C20H16ClFN2O3S. The third-order valence-corrected chi connectivity index (χ3v) is 5.61. The first-order valence-corrected chi connectivity index (χ1v) is 10.1. The van der Waals surface area contributed by atoms with E-state index in [9.17, 15) is 17.6 Å². The van der Waals surface area contributed by atoms with Crippen molar-refractivity contribution in [3.8, 4) is 0 Å². The Bertz CT molecular complexity index is 1120. The molecule has 3 aromatic rings. The highest BCUT2D eigenvalue weighted by atomic mass is 35.5. The van der Waals surface area contributed by atoms with Gasteiger partial charge in [-0.2, -0.15) is 0 Å². The SMILES string of the molecule is O=C(NCc1ccccc1F)c1cccc(S(=O)(=O)Nc2ccccc2Cl)c1. The first-order chi connectivity index (χ1) is 13.4. The van der Waals surface area contributed by atoms with Crippen molar-refractivity contribution in [1.82, 2.24) is 5.32 Å². The van der Waals surface area contributed by atoms with Crippen molar-refractivity contribution >= 4 is 33.2 Å². The van der Waals surface area contributed by atoms with Crippen LogP contribution in [0.15, 0.2) is 77.7 Å². The number of anilines is 1. The highest BCUT2D eigenvalue weighted by molar-refractivity contribution is 7.92. The van der Waals surface area contributed by atoms with Crippen molar-refractivity contribution < 1.29 is 17.6 Å². The Morgan fingerprint density at radius 3 is 2.43 bits per heavy atom. The van der Waals surface area contributed by atoms with Crippen LogP contribution in [0, 0.1) is 5.82 Å². The summed E-state index contributed by atoms with van der Waals surface area (Å²) in [6, 6.07) is 18.1. The molecule has 5 nitrogen and oxygen atoms in total. The molecular weight excluding hydrogens is 403 g/mol. The molecule has 2 N–H and O–H groups in total. The number of halogens is 2. The maximum Gasteiger partial charge on any atom is 0.261 e. The zero-order valence-corrected chi connectivity index (χ0v) is 16.1. The van der Waals surface area contributed by atoms with Gasteiger partial charge in [0.2, 0.25) is 0 Å². The lowest BCUT2D eigenvalue weighted by Crippen LogP contribution is -2.23. The van der Waals surface area contributed by atoms with Crippen molar-refractivity contribution in [3.05, 3.63) is 94.8 Å². The predicted molar refractivity (Wildman–Crippen MR) is 106 cm³/mol. The van der Waals surface area contributed by atoms with Crippen molar-refractivity contribution in [1.29, 1.82) is 0 Å². The van der Waals surface area contributed by atoms with Crippen LogP contribution < -0.4 is 10.0 Å². The van der Waals surface area contributed by atoms with Crippen molar-refractivity contribution in [2.75, 3.05) is 4.72 Å². The molecule has 0 saturated carbocycles. The largest absolute Gasteiger partial charge is 0.348 e. The molecule has 0 aliphatic rings. The van der Waals surface area contributed by atoms with Gasteiger partial charge in [-0.3, -0.25) is 9.52 Å². The number of rotatable bonds is 6. The van der Waals surface area contributed by atoms with E-state index in [4.69, 9.17) is 11.6 Å².